The summed E-state index contributed by atoms with van der Waals surface area (Å²) in [5.41, 5.74) is 2.37. The van der Waals surface area contributed by atoms with E-state index in [1.807, 2.05) is 36.4 Å². The van der Waals surface area contributed by atoms with Crippen LogP contribution in [0.25, 0.3) is 10.8 Å². The first-order valence-electron chi connectivity index (χ1n) is 17.5. The average Bonchev–Trinajstić information content (AvgIpc) is 3.10. The second-order valence-corrected chi connectivity index (χ2v) is 12.3. The number of hydrogen-bond acceptors (Lipinski definition) is 6. The molecule has 0 saturated heterocycles. The van der Waals surface area contributed by atoms with Crippen LogP contribution < -0.4 is 9.47 Å². The minimum absolute atomic E-state index is 0.00398. The summed E-state index contributed by atoms with van der Waals surface area (Å²) in [6.07, 6.45) is 18.7. The Bertz CT molecular complexity index is 1560. The van der Waals surface area contributed by atoms with Crippen molar-refractivity contribution in [1.29, 1.82) is 0 Å². The summed E-state index contributed by atoms with van der Waals surface area (Å²) < 4.78 is 11.7. The van der Waals surface area contributed by atoms with Crippen LogP contribution in [0.2, 0.25) is 0 Å². The topological polar surface area (TPSA) is 77.3 Å². The van der Waals surface area contributed by atoms with Crippen LogP contribution in [0.3, 0.4) is 0 Å². The molecule has 4 aromatic carbocycles. The highest BCUT2D eigenvalue weighted by molar-refractivity contribution is 6.00. The number of ketones is 1. The van der Waals surface area contributed by atoms with E-state index in [1.54, 1.807) is 48.5 Å². The number of ether oxygens (including phenoxy) is 2. The third-order valence-electron chi connectivity index (χ3n) is 8.47. The molecule has 248 valence electrons. The molecule has 0 fully saturated rings. The lowest BCUT2D eigenvalue weighted by atomic mass is 10.0. The van der Waals surface area contributed by atoms with Gasteiger partial charge in [-0.1, -0.05) is 115 Å². The van der Waals surface area contributed by atoms with Crippen LogP contribution in [0.15, 0.2) is 95.2 Å². The van der Waals surface area contributed by atoms with Crippen LogP contribution in [0.4, 0.5) is 11.4 Å². The highest BCUT2D eigenvalue weighted by atomic mass is 16.5. The molecule has 0 heterocycles. The fraction of sp³-hybridized carbons (Fsp3) is 0.415. The summed E-state index contributed by atoms with van der Waals surface area (Å²) in [6.45, 7) is 4.49. The lowest BCUT2D eigenvalue weighted by Gasteiger charge is -2.10. The van der Waals surface area contributed by atoms with Crippen LogP contribution in [-0.2, 0) is 0 Å². The molecule has 0 aliphatic carbocycles. The maximum Gasteiger partial charge on any atom is 0.343 e. The van der Waals surface area contributed by atoms with Gasteiger partial charge in [-0.3, -0.25) is 4.79 Å². The van der Waals surface area contributed by atoms with Gasteiger partial charge in [-0.15, -0.1) is 5.11 Å². The lowest BCUT2D eigenvalue weighted by molar-refractivity contribution is 0.0736. The molecule has 6 nitrogen and oxygen atoms in total. The van der Waals surface area contributed by atoms with Crippen LogP contribution in [0.1, 0.15) is 124 Å². The fourth-order valence-corrected chi connectivity index (χ4v) is 5.64. The van der Waals surface area contributed by atoms with Gasteiger partial charge in [0.2, 0.25) is 0 Å². The van der Waals surface area contributed by atoms with E-state index in [4.69, 9.17) is 9.47 Å². The van der Waals surface area contributed by atoms with Gasteiger partial charge in [0, 0.05) is 16.3 Å². The summed E-state index contributed by atoms with van der Waals surface area (Å²) in [6, 6.07) is 25.3. The molecule has 0 aliphatic rings. The number of nitrogens with zero attached hydrogens (tertiary/aromatic N) is 2. The summed E-state index contributed by atoms with van der Waals surface area (Å²) in [4.78, 5) is 24.5. The van der Waals surface area contributed by atoms with Crippen molar-refractivity contribution in [1.82, 2.24) is 0 Å². The summed E-state index contributed by atoms with van der Waals surface area (Å²) in [5.74, 6) is 0.777. The van der Waals surface area contributed by atoms with E-state index < -0.39 is 5.97 Å². The zero-order valence-electron chi connectivity index (χ0n) is 28.2. The number of Topliss-reactive ketones (excluding diaryl/α,β-unsaturated/α-hetero) is 1. The first-order valence-corrected chi connectivity index (χ1v) is 17.5. The minimum atomic E-state index is -0.436. The third-order valence-corrected chi connectivity index (χ3v) is 8.47. The number of hydrogen-bond donors (Lipinski definition) is 0. The van der Waals surface area contributed by atoms with Gasteiger partial charge in [0.25, 0.3) is 0 Å². The van der Waals surface area contributed by atoms with Crippen molar-refractivity contribution < 1.29 is 19.1 Å². The van der Waals surface area contributed by atoms with Gasteiger partial charge < -0.3 is 9.47 Å². The van der Waals surface area contributed by atoms with E-state index >= 15 is 0 Å². The molecule has 47 heavy (non-hydrogen) atoms. The molecule has 0 amide bonds. The predicted molar refractivity (Wildman–Crippen MR) is 192 cm³/mol. The summed E-state index contributed by atoms with van der Waals surface area (Å²) in [7, 11) is 0. The number of rotatable bonds is 21. The van der Waals surface area contributed by atoms with Crippen molar-refractivity contribution in [2.45, 2.75) is 104 Å². The number of esters is 1. The van der Waals surface area contributed by atoms with E-state index in [9.17, 15) is 9.59 Å². The van der Waals surface area contributed by atoms with Gasteiger partial charge in [-0.05, 0) is 74.0 Å². The van der Waals surface area contributed by atoms with Gasteiger partial charge >= 0.3 is 5.97 Å². The highest BCUT2D eigenvalue weighted by Gasteiger charge is 2.13. The fourth-order valence-electron chi connectivity index (χ4n) is 5.64. The molecule has 4 rings (SSSR count). The molecule has 0 N–H and O–H groups in total. The van der Waals surface area contributed by atoms with Crippen molar-refractivity contribution in [2.75, 3.05) is 6.61 Å². The van der Waals surface area contributed by atoms with Gasteiger partial charge in [0.15, 0.2) is 5.78 Å². The molecule has 0 unspecified atom stereocenters. The Morgan fingerprint density at radius 1 is 0.574 bits per heavy atom. The number of carbonyl (C=O) groups is 2. The molecule has 0 radical (unpaired) electrons. The second kappa shape index (κ2) is 20.0. The zero-order valence-corrected chi connectivity index (χ0v) is 28.2. The molecule has 0 atom stereocenters. The van der Waals surface area contributed by atoms with Gasteiger partial charge in [0.1, 0.15) is 11.5 Å². The Morgan fingerprint density at radius 2 is 1.13 bits per heavy atom. The molecule has 0 spiro atoms. The molecule has 0 bridgehead atoms. The first kappa shape index (κ1) is 35.5. The number of benzene rings is 4. The largest absolute Gasteiger partial charge is 0.494 e. The van der Waals surface area contributed by atoms with Crippen molar-refractivity contribution >= 4 is 33.9 Å². The maximum absolute atomic E-state index is 13.0. The lowest BCUT2D eigenvalue weighted by Crippen LogP contribution is -2.08. The summed E-state index contributed by atoms with van der Waals surface area (Å²) >= 11 is 0. The SMILES string of the molecule is CCCCCCCCCCCCCCCCOc1ccc(C(=O)Oc2ccc(N=Nc3ccc(C(C)=O)cc3)c3ccccc23)cc1. The molecular formula is C41H50N2O4. The standard InChI is InChI=1S/C41H50N2O4/c1-3-4-5-6-7-8-9-10-11-12-13-14-15-18-31-46-36-27-23-34(24-28-36)41(45)47-40-30-29-39(37-19-16-17-20-38(37)40)43-42-35-25-21-33(22-26-35)32(2)44/h16-17,19-30H,3-15,18,31H2,1-2H3. The predicted octanol–water partition coefficient (Wildman–Crippen LogP) is 12.5. The molecular weight excluding hydrogens is 584 g/mol. The Balaban J connectivity index is 1.17. The van der Waals surface area contributed by atoms with E-state index in [2.05, 4.69) is 17.2 Å². The van der Waals surface area contributed by atoms with Crippen molar-refractivity contribution in [2.24, 2.45) is 10.2 Å². The third kappa shape index (κ3) is 12.1. The van der Waals surface area contributed by atoms with Crippen LogP contribution >= 0.6 is 0 Å². The van der Waals surface area contributed by atoms with E-state index in [1.165, 1.54) is 90.4 Å². The smallest absolute Gasteiger partial charge is 0.343 e. The van der Waals surface area contributed by atoms with Gasteiger partial charge in [-0.2, -0.15) is 5.11 Å². The quantitative estimate of drug-likeness (QED) is 0.0300. The number of fused-ring (bicyclic) bond motifs is 1. The van der Waals surface area contributed by atoms with Gasteiger partial charge in [-0.25, -0.2) is 4.79 Å². The van der Waals surface area contributed by atoms with E-state index in [0.717, 1.165) is 22.9 Å². The number of unbranched alkanes of at least 4 members (excludes halogenated alkanes) is 13. The number of azo groups is 1. The summed E-state index contributed by atoms with van der Waals surface area (Å²) in [5, 5.41) is 10.3. The molecule has 0 aliphatic heterocycles. The van der Waals surface area contributed by atoms with Crippen molar-refractivity contribution in [3.05, 3.63) is 96.1 Å². The monoisotopic (exact) mass is 634 g/mol. The van der Waals surface area contributed by atoms with Crippen LogP contribution in [0.5, 0.6) is 11.5 Å². The van der Waals surface area contributed by atoms with Crippen LogP contribution in [0, 0.1) is 0 Å². The Morgan fingerprint density at radius 3 is 1.72 bits per heavy atom. The average molecular weight is 635 g/mol. The Kier molecular flexibility index (Phi) is 15.1. The van der Waals surface area contributed by atoms with E-state index in [-0.39, 0.29) is 5.78 Å². The maximum atomic E-state index is 13.0. The van der Waals surface area contributed by atoms with Crippen molar-refractivity contribution in [3.63, 3.8) is 0 Å². The van der Waals surface area contributed by atoms with Crippen LogP contribution in [-0.4, -0.2) is 18.4 Å². The molecule has 0 saturated carbocycles. The molecule has 4 aromatic rings. The van der Waals surface area contributed by atoms with Crippen molar-refractivity contribution in [3.8, 4) is 11.5 Å². The second-order valence-electron chi connectivity index (χ2n) is 12.3. The van der Waals surface area contributed by atoms with Gasteiger partial charge in [0.05, 0.1) is 23.5 Å². The first-order chi connectivity index (χ1) is 23.0. The normalized spacial score (nSPS) is 11.3. The van der Waals surface area contributed by atoms with E-state index in [0.29, 0.717) is 34.9 Å². The minimum Gasteiger partial charge on any atom is -0.494 e. The highest BCUT2D eigenvalue weighted by Crippen LogP contribution is 2.34. The molecule has 6 heteroatoms. The Labute approximate surface area is 280 Å². The zero-order chi connectivity index (χ0) is 33.1. The Hall–Kier alpha value is -4.32. The number of carbonyl (C=O) groups excluding carboxylic acids is 2. The molecule has 0 aromatic heterocycles.